The summed E-state index contributed by atoms with van der Waals surface area (Å²) < 4.78 is 0. The lowest BCUT2D eigenvalue weighted by Gasteiger charge is -2.20. The fraction of sp³-hybridized carbons (Fsp3) is 0.391. The van der Waals surface area contributed by atoms with E-state index in [4.69, 9.17) is 0 Å². The number of aryl methyl sites for hydroxylation is 1. The maximum Gasteiger partial charge on any atom is 0.251 e. The Labute approximate surface area is 161 Å². The molecule has 0 spiro atoms. The van der Waals surface area contributed by atoms with Crippen LogP contribution in [0.4, 0.5) is 5.69 Å². The van der Waals surface area contributed by atoms with Crippen molar-refractivity contribution >= 4 is 17.5 Å². The Kier molecular flexibility index (Phi) is 6.64. The molecule has 1 aliphatic rings. The lowest BCUT2D eigenvalue weighted by molar-refractivity contribution is -0.120. The molecule has 0 bridgehead atoms. The summed E-state index contributed by atoms with van der Waals surface area (Å²) in [5.41, 5.74) is 3.70. The molecule has 0 saturated heterocycles. The molecule has 1 fully saturated rings. The summed E-state index contributed by atoms with van der Waals surface area (Å²) in [5.74, 6) is 0.0636. The zero-order valence-electron chi connectivity index (χ0n) is 16.0. The first-order chi connectivity index (χ1) is 13.1. The molecule has 27 heavy (non-hydrogen) atoms. The quantitative estimate of drug-likeness (QED) is 0.794. The molecule has 0 unspecified atom stereocenters. The van der Waals surface area contributed by atoms with E-state index in [2.05, 4.69) is 35.8 Å². The van der Waals surface area contributed by atoms with Crippen molar-refractivity contribution in [3.8, 4) is 0 Å². The van der Waals surface area contributed by atoms with Crippen molar-refractivity contribution < 1.29 is 9.59 Å². The van der Waals surface area contributed by atoms with E-state index in [9.17, 15) is 9.59 Å². The van der Waals surface area contributed by atoms with Gasteiger partial charge in [0.1, 0.15) is 0 Å². The van der Waals surface area contributed by atoms with Crippen LogP contribution in [0.1, 0.15) is 53.6 Å². The van der Waals surface area contributed by atoms with Crippen molar-refractivity contribution in [2.45, 2.75) is 45.4 Å². The van der Waals surface area contributed by atoms with Crippen LogP contribution in [0.25, 0.3) is 0 Å². The van der Waals surface area contributed by atoms with Gasteiger partial charge in [0.05, 0.1) is 0 Å². The van der Waals surface area contributed by atoms with Crippen LogP contribution < -0.4 is 10.6 Å². The van der Waals surface area contributed by atoms with Crippen molar-refractivity contribution in [2.24, 2.45) is 5.92 Å². The molecule has 0 radical (unpaired) electrons. The fourth-order valence-corrected chi connectivity index (χ4v) is 3.64. The molecule has 2 N–H and O–H groups in total. The first-order valence-corrected chi connectivity index (χ1v) is 9.86. The van der Waals surface area contributed by atoms with E-state index in [-0.39, 0.29) is 17.7 Å². The zero-order chi connectivity index (χ0) is 19.1. The second-order valence-electron chi connectivity index (χ2n) is 7.40. The highest BCUT2D eigenvalue weighted by atomic mass is 16.2. The second kappa shape index (κ2) is 9.36. The van der Waals surface area contributed by atoms with Gasteiger partial charge in [0.25, 0.3) is 5.91 Å². The molecule has 0 heterocycles. The van der Waals surface area contributed by atoms with E-state index in [0.717, 1.165) is 32.1 Å². The average Bonchev–Trinajstić information content (AvgIpc) is 2.69. The second-order valence-corrected chi connectivity index (χ2v) is 7.40. The molecule has 0 aromatic heterocycles. The highest BCUT2D eigenvalue weighted by molar-refractivity contribution is 5.97. The number of carbonyl (C=O) groups excluding carboxylic acids is 2. The maximum absolute atomic E-state index is 12.4. The van der Waals surface area contributed by atoms with Crippen LogP contribution >= 0.6 is 0 Å². The number of hydrogen-bond donors (Lipinski definition) is 2. The van der Waals surface area contributed by atoms with Crippen molar-refractivity contribution in [3.05, 3.63) is 65.2 Å². The van der Waals surface area contributed by atoms with E-state index >= 15 is 0 Å². The van der Waals surface area contributed by atoms with Gasteiger partial charge in [-0.15, -0.1) is 0 Å². The summed E-state index contributed by atoms with van der Waals surface area (Å²) in [6.45, 7) is 2.65. The molecule has 2 amide bonds. The number of hydrogen-bond acceptors (Lipinski definition) is 2. The smallest absolute Gasteiger partial charge is 0.251 e. The number of carbonyl (C=O) groups is 2. The predicted molar refractivity (Wildman–Crippen MR) is 109 cm³/mol. The third kappa shape index (κ3) is 5.68. The number of anilines is 1. The predicted octanol–water partition coefficient (Wildman–Crippen LogP) is 4.49. The van der Waals surface area contributed by atoms with E-state index in [1.165, 1.54) is 17.5 Å². The summed E-state index contributed by atoms with van der Waals surface area (Å²) >= 11 is 0. The third-order valence-electron chi connectivity index (χ3n) is 5.15. The van der Waals surface area contributed by atoms with Gasteiger partial charge in [-0.05, 0) is 49.9 Å². The Morgan fingerprint density at radius 2 is 1.78 bits per heavy atom. The molecule has 2 aromatic carbocycles. The summed E-state index contributed by atoms with van der Waals surface area (Å²) in [7, 11) is 0. The molecule has 4 heteroatoms. The number of amides is 2. The van der Waals surface area contributed by atoms with Gasteiger partial charge in [0.2, 0.25) is 5.91 Å². The topological polar surface area (TPSA) is 58.2 Å². The molecule has 0 aliphatic heterocycles. The van der Waals surface area contributed by atoms with Crippen molar-refractivity contribution in [2.75, 3.05) is 11.9 Å². The Balaban J connectivity index is 1.52. The van der Waals surface area contributed by atoms with Crippen LogP contribution in [0, 0.1) is 12.8 Å². The largest absolute Gasteiger partial charge is 0.352 e. The normalized spacial score (nSPS) is 14.6. The van der Waals surface area contributed by atoms with Crippen molar-refractivity contribution in [1.29, 1.82) is 0 Å². The number of nitrogens with one attached hydrogen (secondary N) is 2. The molecule has 1 saturated carbocycles. The Morgan fingerprint density at radius 3 is 2.56 bits per heavy atom. The SMILES string of the molecule is Cc1cccc(CCNC(=O)c2cccc(NC(=O)C3CCCCC3)c2)c1. The van der Waals surface area contributed by atoms with Crippen LogP contribution in [0.3, 0.4) is 0 Å². The average molecular weight is 364 g/mol. The van der Waals surface area contributed by atoms with Gasteiger partial charge in [-0.3, -0.25) is 9.59 Å². The molecule has 2 aromatic rings. The summed E-state index contributed by atoms with van der Waals surface area (Å²) in [6, 6.07) is 15.5. The molecule has 1 aliphatic carbocycles. The van der Waals surface area contributed by atoms with Crippen LogP contribution in [0.2, 0.25) is 0 Å². The minimum Gasteiger partial charge on any atom is -0.352 e. The Bertz CT molecular complexity index is 794. The van der Waals surface area contributed by atoms with Crippen LogP contribution in [0.15, 0.2) is 48.5 Å². The van der Waals surface area contributed by atoms with Gasteiger partial charge in [0.15, 0.2) is 0 Å². The fourth-order valence-electron chi connectivity index (χ4n) is 3.64. The summed E-state index contributed by atoms with van der Waals surface area (Å²) in [5, 5.41) is 5.94. The van der Waals surface area contributed by atoms with E-state index < -0.39 is 0 Å². The molecule has 142 valence electrons. The highest BCUT2D eigenvalue weighted by Crippen LogP contribution is 2.25. The highest BCUT2D eigenvalue weighted by Gasteiger charge is 2.21. The third-order valence-corrected chi connectivity index (χ3v) is 5.15. The minimum absolute atomic E-state index is 0.0757. The maximum atomic E-state index is 12.4. The monoisotopic (exact) mass is 364 g/mol. The van der Waals surface area contributed by atoms with Gasteiger partial charge in [-0.25, -0.2) is 0 Å². The van der Waals surface area contributed by atoms with E-state index in [0.29, 0.717) is 17.8 Å². The Hall–Kier alpha value is -2.62. The Morgan fingerprint density at radius 1 is 1.00 bits per heavy atom. The van der Waals surface area contributed by atoms with Gasteiger partial charge in [-0.2, -0.15) is 0 Å². The minimum atomic E-state index is -0.114. The molecule has 3 rings (SSSR count). The first-order valence-electron chi connectivity index (χ1n) is 9.86. The molecular formula is C23H28N2O2. The lowest BCUT2D eigenvalue weighted by atomic mass is 9.88. The molecule has 0 atom stereocenters. The van der Waals surface area contributed by atoms with Crippen LogP contribution in [-0.4, -0.2) is 18.4 Å². The molecule has 4 nitrogen and oxygen atoms in total. The zero-order valence-corrected chi connectivity index (χ0v) is 16.0. The lowest BCUT2D eigenvalue weighted by Crippen LogP contribution is -2.26. The van der Waals surface area contributed by atoms with Gasteiger partial charge in [-0.1, -0.05) is 55.2 Å². The molecular weight excluding hydrogens is 336 g/mol. The van der Waals surface area contributed by atoms with Gasteiger partial charge in [0, 0.05) is 23.7 Å². The first kappa shape index (κ1) is 19.2. The number of benzene rings is 2. The van der Waals surface area contributed by atoms with E-state index in [1.54, 1.807) is 12.1 Å². The van der Waals surface area contributed by atoms with Crippen molar-refractivity contribution in [3.63, 3.8) is 0 Å². The van der Waals surface area contributed by atoms with Crippen LogP contribution in [-0.2, 0) is 11.2 Å². The number of rotatable bonds is 6. The summed E-state index contributed by atoms with van der Waals surface area (Å²) in [6.07, 6.45) is 6.20. The van der Waals surface area contributed by atoms with Crippen LogP contribution in [0.5, 0.6) is 0 Å². The van der Waals surface area contributed by atoms with Gasteiger partial charge >= 0.3 is 0 Å². The summed E-state index contributed by atoms with van der Waals surface area (Å²) in [4.78, 5) is 24.8. The van der Waals surface area contributed by atoms with Gasteiger partial charge < -0.3 is 10.6 Å². The standard InChI is InChI=1S/C23H28N2O2/c1-17-7-5-8-18(15-17)13-14-24-22(26)20-11-6-12-21(16-20)25-23(27)19-9-3-2-4-10-19/h5-8,11-12,15-16,19H,2-4,9-10,13-14H2,1H3,(H,24,26)(H,25,27). The van der Waals surface area contributed by atoms with Crippen molar-refractivity contribution in [1.82, 2.24) is 5.32 Å². The van der Waals surface area contributed by atoms with E-state index in [1.807, 2.05) is 18.2 Å².